The second-order valence-electron chi connectivity index (χ2n) is 6.58. The number of carbonyl (C=O) groups excluding carboxylic acids is 1. The minimum Gasteiger partial charge on any atom is -0.477 e. The minimum atomic E-state index is -3.67. The van der Waals surface area contributed by atoms with Gasteiger partial charge < -0.3 is 15.2 Å². The third kappa shape index (κ3) is 6.27. The van der Waals surface area contributed by atoms with Gasteiger partial charge in [-0.15, -0.1) is 0 Å². The lowest BCUT2D eigenvalue weighted by Crippen LogP contribution is -2.41. The molecule has 1 aliphatic carbocycles. The molecular formula is C14H23F2NO4. The van der Waals surface area contributed by atoms with Gasteiger partial charge in [-0.2, -0.15) is 8.78 Å². The maximum absolute atomic E-state index is 13.1. The molecule has 1 saturated carbocycles. The van der Waals surface area contributed by atoms with E-state index in [0.29, 0.717) is 25.7 Å². The molecule has 122 valence electrons. The Morgan fingerprint density at radius 2 is 1.71 bits per heavy atom. The van der Waals surface area contributed by atoms with Crippen LogP contribution < -0.4 is 5.32 Å². The van der Waals surface area contributed by atoms with Crippen molar-refractivity contribution in [2.45, 2.75) is 70.4 Å². The first-order valence-electron chi connectivity index (χ1n) is 7.10. The van der Waals surface area contributed by atoms with Crippen LogP contribution in [-0.4, -0.2) is 34.7 Å². The van der Waals surface area contributed by atoms with E-state index in [2.05, 4.69) is 5.32 Å². The van der Waals surface area contributed by atoms with Crippen LogP contribution in [0.1, 0.15) is 52.9 Å². The number of hydrogen-bond donors (Lipinski definition) is 2. The summed E-state index contributed by atoms with van der Waals surface area (Å²) >= 11 is 0. The van der Waals surface area contributed by atoms with E-state index in [9.17, 15) is 18.4 Å². The summed E-state index contributed by atoms with van der Waals surface area (Å²) in [7, 11) is 0. The highest BCUT2D eigenvalue weighted by Gasteiger charge is 2.41. The number of halogens is 2. The van der Waals surface area contributed by atoms with Gasteiger partial charge in [0, 0.05) is 12.5 Å². The number of ether oxygens (including phenoxy) is 1. The molecule has 0 unspecified atom stereocenters. The molecule has 1 rings (SSSR count). The average Bonchev–Trinajstić information content (AvgIpc) is 2.28. The van der Waals surface area contributed by atoms with E-state index in [1.807, 2.05) is 0 Å². The van der Waals surface area contributed by atoms with Crippen molar-refractivity contribution in [3.63, 3.8) is 0 Å². The smallest absolute Gasteiger partial charge is 0.407 e. The first-order chi connectivity index (χ1) is 9.49. The first-order valence-corrected chi connectivity index (χ1v) is 7.10. The maximum Gasteiger partial charge on any atom is 0.407 e. The molecule has 21 heavy (non-hydrogen) atoms. The number of carboxylic acid groups (broad SMARTS) is 1. The molecule has 0 atom stereocenters. The second kappa shape index (κ2) is 6.58. The van der Waals surface area contributed by atoms with Crippen LogP contribution in [0.2, 0.25) is 0 Å². The number of alkyl halides is 2. The highest BCUT2D eigenvalue weighted by molar-refractivity contribution is 5.75. The standard InChI is InChI=1S/C14H23F2NO4/c1-13(2,3)21-12(20)17-10-6-4-9(5-7-10)8-14(15,16)11(18)19/h9-10H,4-8H2,1-3H3,(H,17,20)(H,18,19). The van der Waals surface area contributed by atoms with Crippen molar-refractivity contribution in [1.29, 1.82) is 0 Å². The summed E-state index contributed by atoms with van der Waals surface area (Å²) in [6.45, 7) is 5.28. The Balaban J connectivity index is 2.36. The van der Waals surface area contributed by atoms with Crippen molar-refractivity contribution >= 4 is 12.1 Å². The lowest BCUT2D eigenvalue weighted by molar-refractivity contribution is -0.167. The SMILES string of the molecule is CC(C)(C)OC(=O)NC1CCC(CC(F)(F)C(=O)O)CC1. The van der Waals surface area contributed by atoms with Crippen molar-refractivity contribution < 1.29 is 28.2 Å². The number of nitrogens with one attached hydrogen (secondary N) is 1. The Morgan fingerprint density at radius 3 is 2.14 bits per heavy atom. The molecule has 1 aliphatic rings. The van der Waals surface area contributed by atoms with Crippen molar-refractivity contribution in [3.05, 3.63) is 0 Å². The number of carboxylic acids is 1. The molecular weight excluding hydrogens is 284 g/mol. The van der Waals surface area contributed by atoms with Gasteiger partial charge in [-0.3, -0.25) is 0 Å². The van der Waals surface area contributed by atoms with Gasteiger partial charge in [0.25, 0.3) is 0 Å². The first kappa shape index (κ1) is 17.7. The highest BCUT2D eigenvalue weighted by Crippen LogP contribution is 2.33. The molecule has 1 amide bonds. The lowest BCUT2D eigenvalue weighted by atomic mass is 9.82. The number of aliphatic carboxylic acids is 1. The largest absolute Gasteiger partial charge is 0.477 e. The number of carbonyl (C=O) groups is 2. The third-order valence-electron chi connectivity index (χ3n) is 3.43. The van der Waals surface area contributed by atoms with Gasteiger partial charge in [0.05, 0.1) is 0 Å². The minimum absolute atomic E-state index is 0.102. The van der Waals surface area contributed by atoms with E-state index in [1.54, 1.807) is 20.8 Å². The third-order valence-corrected chi connectivity index (χ3v) is 3.43. The molecule has 2 N–H and O–H groups in total. The van der Waals surface area contributed by atoms with Gasteiger partial charge in [-0.1, -0.05) is 0 Å². The van der Waals surface area contributed by atoms with Gasteiger partial charge in [0.2, 0.25) is 0 Å². The number of amides is 1. The summed E-state index contributed by atoms with van der Waals surface area (Å²) < 4.78 is 31.4. The molecule has 0 aromatic heterocycles. The number of rotatable bonds is 4. The van der Waals surface area contributed by atoms with Crippen LogP contribution in [0.25, 0.3) is 0 Å². The van der Waals surface area contributed by atoms with Gasteiger partial charge in [-0.05, 0) is 52.4 Å². The Hall–Kier alpha value is -1.40. The second-order valence-corrected chi connectivity index (χ2v) is 6.58. The molecule has 1 fully saturated rings. The molecule has 0 heterocycles. The van der Waals surface area contributed by atoms with Crippen LogP contribution in [0.5, 0.6) is 0 Å². The summed E-state index contributed by atoms with van der Waals surface area (Å²) in [5.41, 5.74) is -0.579. The Labute approximate surface area is 123 Å². The van der Waals surface area contributed by atoms with E-state index in [4.69, 9.17) is 9.84 Å². The summed E-state index contributed by atoms with van der Waals surface area (Å²) in [5.74, 6) is -6.07. The van der Waals surface area contributed by atoms with Gasteiger partial charge in [0.1, 0.15) is 5.60 Å². The fourth-order valence-electron chi connectivity index (χ4n) is 2.43. The summed E-state index contributed by atoms with van der Waals surface area (Å²) in [5, 5.41) is 11.1. The molecule has 7 heteroatoms. The number of hydrogen-bond acceptors (Lipinski definition) is 3. The van der Waals surface area contributed by atoms with Crippen LogP contribution >= 0.6 is 0 Å². The molecule has 0 bridgehead atoms. The molecule has 0 saturated heterocycles. The van der Waals surface area contributed by atoms with E-state index < -0.39 is 30.0 Å². The fraction of sp³-hybridized carbons (Fsp3) is 0.857. The van der Waals surface area contributed by atoms with Crippen LogP contribution in [0.15, 0.2) is 0 Å². The number of alkyl carbamates (subject to hydrolysis) is 1. The quantitative estimate of drug-likeness (QED) is 0.836. The molecule has 0 aliphatic heterocycles. The molecule has 0 radical (unpaired) electrons. The van der Waals surface area contributed by atoms with Crippen LogP contribution in [0, 0.1) is 5.92 Å². The topological polar surface area (TPSA) is 75.6 Å². The molecule has 5 nitrogen and oxygen atoms in total. The lowest BCUT2D eigenvalue weighted by Gasteiger charge is -2.31. The van der Waals surface area contributed by atoms with E-state index in [0.717, 1.165) is 0 Å². The van der Waals surface area contributed by atoms with Gasteiger partial charge in [0.15, 0.2) is 0 Å². The van der Waals surface area contributed by atoms with Gasteiger partial charge in [-0.25, -0.2) is 9.59 Å². The summed E-state index contributed by atoms with van der Waals surface area (Å²) in [6.07, 6.45) is 0.912. The van der Waals surface area contributed by atoms with Crippen molar-refractivity contribution in [2.75, 3.05) is 0 Å². The Bertz CT molecular complexity index is 385. The zero-order chi connectivity index (χ0) is 16.3. The molecule has 0 aromatic carbocycles. The normalized spacial score (nSPS) is 23.5. The predicted molar refractivity (Wildman–Crippen MR) is 72.3 cm³/mol. The highest BCUT2D eigenvalue weighted by atomic mass is 19.3. The zero-order valence-corrected chi connectivity index (χ0v) is 12.6. The van der Waals surface area contributed by atoms with Gasteiger partial charge >= 0.3 is 18.0 Å². The van der Waals surface area contributed by atoms with Crippen LogP contribution in [-0.2, 0) is 9.53 Å². The summed E-state index contributed by atoms with van der Waals surface area (Å²) in [6, 6.07) is -0.102. The average molecular weight is 307 g/mol. The van der Waals surface area contributed by atoms with E-state index >= 15 is 0 Å². The van der Waals surface area contributed by atoms with E-state index in [-0.39, 0.29) is 12.0 Å². The predicted octanol–water partition coefficient (Wildman–Crippen LogP) is 3.18. The Morgan fingerprint density at radius 1 is 1.19 bits per heavy atom. The van der Waals surface area contributed by atoms with E-state index in [1.165, 1.54) is 0 Å². The monoisotopic (exact) mass is 307 g/mol. The summed E-state index contributed by atoms with van der Waals surface area (Å²) in [4.78, 5) is 22.0. The van der Waals surface area contributed by atoms with Crippen molar-refractivity contribution in [2.24, 2.45) is 5.92 Å². The van der Waals surface area contributed by atoms with Crippen molar-refractivity contribution in [3.8, 4) is 0 Å². The maximum atomic E-state index is 13.1. The van der Waals surface area contributed by atoms with Crippen LogP contribution in [0.4, 0.5) is 13.6 Å². The van der Waals surface area contributed by atoms with Crippen LogP contribution in [0.3, 0.4) is 0 Å². The molecule has 0 spiro atoms. The molecule has 0 aromatic rings. The Kier molecular flexibility index (Phi) is 5.53. The van der Waals surface area contributed by atoms with Crippen molar-refractivity contribution in [1.82, 2.24) is 5.32 Å². The fourth-order valence-corrected chi connectivity index (χ4v) is 2.43. The zero-order valence-electron chi connectivity index (χ0n) is 12.6.